The zero-order valence-corrected chi connectivity index (χ0v) is 14.4. The number of aryl methyl sites for hydroxylation is 1. The van der Waals surface area contributed by atoms with Crippen molar-refractivity contribution in [3.05, 3.63) is 11.4 Å². The summed E-state index contributed by atoms with van der Waals surface area (Å²) in [6.07, 6.45) is 2.77. The van der Waals surface area contributed by atoms with Gasteiger partial charge in [0, 0.05) is 25.4 Å². The number of H-pyrrole nitrogens is 1. The van der Waals surface area contributed by atoms with Crippen molar-refractivity contribution < 1.29 is 8.42 Å². The topological polar surface area (TPSA) is 78.1 Å². The van der Waals surface area contributed by atoms with Crippen LogP contribution in [0.4, 0.5) is 0 Å². The van der Waals surface area contributed by atoms with Crippen molar-refractivity contribution in [3.63, 3.8) is 0 Å². The third kappa shape index (κ3) is 3.55. The molecule has 1 heterocycles. The number of aromatic nitrogens is 2. The van der Waals surface area contributed by atoms with Crippen molar-refractivity contribution in [2.75, 3.05) is 26.1 Å². The van der Waals surface area contributed by atoms with Gasteiger partial charge < -0.3 is 5.32 Å². The fraction of sp³-hybridized carbons (Fsp3) is 0.750. The number of aromatic amines is 1. The van der Waals surface area contributed by atoms with Crippen LogP contribution in [0.15, 0.2) is 4.90 Å². The molecule has 20 heavy (non-hydrogen) atoms. The lowest BCUT2D eigenvalue weighted by Gasteiger charge is -2.26. The van der Waals surface area contributed by atoms with E-state index in [4.69, 9.17) is 0 Å². The van der Waals surface area contributed by atoms with E-state index in [1.807, 2.05) is 13.2 Å². The number of rotatable bonds is 8. The highest BCUT2D eigenvalue weighted by Gasteiger charge is 2.31. The summed E-state index contributed by atoms with van der Waals surface area (Å²) in [5.41, 5.74) is 1.12. The molecule has 0 aliphatic carbocycles. The lowest BCUT2D eigenvalue weighted by molar-refractivity contribution is 0.385. The number of hydrogen-bond donors (Lipinski definition) is 2. The van der Waals surface area contributed by atoms with Crippen LogP contribution >= 0.6 is 11.8 Å². The average Bonchev–Trinajstić information content (AvgIpc) is 2.77. The van der Waals surface area contributed by atoms with Gasteiger partial charge in [-0.25, -0.2) is 8.42 Å². The van der Waals surface area contributed by atoms with E-state index >= 15 is 0 Å². The molecule has 116 valence electrons. The van der Waals surface area contributed by atoms with E-state index in [1.54, 1.807) is 32.8 Å². The predicted octanol–water partition coefficient (Wildman–Crippen LogP) is 1.20. The summed E-state index contributed by atoms with van der Waals surface area (Å²) >= 11 is 1.65. The number of sulfonamides is 1. The van der Waals surface area contributed by atoms with Gasteiger partial charge in [-0.05, 0) is 26.6 Å². The molecule has 0 saturated heterocycles. The molecule has 1 unspecified atom stereocenters. The SMILES string of the molecule is CCC(CSC)N(C)S(=O)(=O)c1c(CNC)n[nH]c1C. The fourth-order valence-corrected chi connectivity index (χ4v) is 4.80. The number of thioether (sulfide) groups is 1. The first-order chi connectivity index (χ1) is 9.39. The summed E-state index contributed by atoms with van der Waals surface area (Å²) in [7, 11) is -0.108. The van der Waals surface area contributed by atoms with Crippen molar-refractivity contribution >= 4 is 21.8 Å². The second kappa shape index (κ2) is 7.44. The molecule has 6 nitrogen and oxygen atoms in total. The average molecular weight is 320 g/mol. The van der Waals surface area contributed by atoms with Gasteiger partial charge in [-0.1, -0.05) is 6.92 Å². The Morgan fingerprint density at radius 1 is 1.50 bits per heavy atom. The molecule has 0 fully saturated rings. The summed E-state index contributed by atoms with van der Waals surface area (Å²) in [4.78, 5) is 0.300. The van der Waals surface area contributed by atoms with E-state index in [-0.39, 0.29) is 6.04 Å². The molecule has 0 bridgehead atoms. The van der Waals surface area contributed by atoms with Crippen LogP contribution < -0.4 is 5.32 Å². The van der Waals surface area contributed by atoms with Crippen molar-refractivity contribution in [1.82, 2.24) is 19.8 Å². The Labute approximate surface area is 125 Å². The maximum Gasteiger partial charge on any atom is 0.246 e. The van der Waals surface area contributed by atoms with Gasteiger partial charge in [-0.2, -0.15) is 21.2 Å². The van der Waals surface area contributed by atoms with Crippen LogP contribution in [0.5, 0.6) is 0 Å². The van der Waals surface area contributed by atoms with Crippen LogP contribution in [-0.2, 0) is 16.6 Å². The number of nitrogens with one attached hydrogen (secondary N) is 2. The molecule has 1 atom stereocenters. The first-order valence-electron chi connectivity index (χ1n) is 6.55. The Morgan fingerprint density at radius 2 is 2.15 bits per heavy atom. The minimum Gasteiger partial charge on any atom is -0.314 e. The molecule has 0 radical (unpaired) electrons. The zero-order valence-electron chi connectivity index (χ0n) is 12.7. The highest BCUT2D eigenvalue weighted by atomic mass is 32.2. The van der Waals surface area contributed by atoms with Crippen LogP contribution in [0.2, 0.25) is 0 Å². The molecule has 0 saturated carbocycles. The summed E-state index contributed by atoms with van der Waals surface area (Å²) in [6, 6.07) is -0.00765. The molecule has 1 rings (SSSR count). The second-order valence-corrected chi connectivity index (χ2v) is 7.54. The van der Waals surface area contributed by atoms with Gasteiger partial charge in [0.05, 0.1) is 11.4 Å². The third-order valence-electron chi connectivity index (χ3n) is 3.29. The Morgan fingerprint density at radius 3 is 2.65 bits per heavy atom. The second-order valence-electron chi connectivity index (χ2n) is 4.69. The molecule has 0 amide bonds. The Hall–Kier alpha value is -0.570. The van der Waals surface area contributed by atoms with Crippen molar-refractivity contribution in [3.8, 4) is 0 Å². The monoisotopic (exact) mass is 320 g/mol. The Balaban J connectivity index is 3.18. The summed E-state index contributed by atoms with van der Waals surface area (Å²) < 4.78 is 27.1. The first kappa shape index (κ1) is 17.5. The maximum absolute atomic E-state index is 12.8. The van der Waals surface area contributed by atoms with Crippen LogP contribution in [0.1, 0.15) is 24.7 Å². The van der Waals surface area contributed by atoms with E-state index < -0.39 is 10.0 Å². The molecule has 0 aliphatic heterocycles. The molecule has 0 aromatic carbocycles. The summed E-state index contributed by atoms with van der Waals surface area (Å²) in [5.74, 6) is 0.782. The highest BCUT2D eigenvalue weighted by molar-refractivity contribution is 7.98. The minimum absolute atomic E-state index is 0.00765. The predicted molar refractivity (Wildman–Crippen MR) is 83.5 cm³/mol. The van der Waals surface area contributed by atoms with Gasteiger partial charge in [-0.15, -0.1) is 0 Å². The van der Waals surface area contributed by atoms with Gasteiger partial charge in [0.2, 0.25) is 10.0 Å². The van der Waals surface area contributed by atoms with Crippen LogP contribution in [0.25, 0.3) is 0 Å². The van der Waals surface area contributed by atoms with Crippen LogP contribution in [0, 0.1) is 6.92 Å². The molecule has 2 N–H and O–H groups in total. The molecule has 8 heteroatoms. The Kier molecular flexibility index (Phi) is 6.50. The quantitative estimate of drug-likeness (QED) is 0.752. The normalized spacial score (nSPS) is 13.9. The molecule has 0 aliphatic rings. The number of nitrogens with zero attached hydrogens (tertiary/aromatic N) is 2. The Bertz CT molecular complexity index is 528. The molecule has 1 aromatic rings. The molecule has 1 aromatic heterocycles. The summed E-state index contributed by atoms with van der Waals surface area (Å²) in [5, 5.41) is 9.81. The van der Waals surface area contributed by atoms with Crippen LogP contribution in [-0.4, -0.2) is 55.1 Å². The van der Waals surface area contributed by atoms with Gasteiger partial charge in [0.15, 0.2) is 0 Å². The van der Waals surface area contributed by atoms with Gasteiger partial charge in [0.25, 0.3) is 0 Å². The maximum atomic E-state index is 12.8. The van der Waals surface area contributed by atoms with E-state index in [0.29, 0.717) is 22.8 Å². The zero-order chi connectivity index (χ0) is 15.3. The van der Waals surface area contributed by atoms with Gasteiger partial charge >= 0.3 is 0 Å². The summed E-state index contributed by atoms with van der Waals surface area (Å²) in [6.45, 7) is 4.16. The lowest BCUT2D eigenvalue weighted by atomic mass is 10.3. The smallest absolute Gasteiger partial charge is 0.246 e. The molecular weight excluding hydrogens is 296 g/mol. The van der Waals surface area contributed by atoms with E-state index in [9.17, 15) is 8.42 Å². The first-order valence-corrected chi connectivity index (χ1v) is 9.38. The van der Waals surface area contributed by atoms with Crippen molar-refractivity contribution in [2.24, 2.45) is 0 Å². The molecular formula is C12H24N4O2S2. The number of hydrogen-bond acceptors (Lipinski definition) is 5. The minimum atomic E-state index is -3.53. The largest absolute Gasteiger partial charge is 0.314 e. The standard InChI is InChI=1S/C12H24N4O2S2/c1-6-10(8-19-5)16(4)20(17,18)12-9(2)14-15-11(12)7-13-3/h10,13H,6-8H2,1-5H3,(H,14,15). The fourth-order valence-electron chi connectivity index (χ4n) is 2.11. The van der Waals surface area contributed by atoms with Crippen molar-refractivity contribution in [1.29, 1.82) is 0 Å². The van der Waals surface area contributed by atoms with E-state index in [2.05, 4.69) is 15.5 Å². The van der Waals surface area contributed by atoms with Gasteiger partial charge in [0.1, 0.15) is 4.90 Å². The molecule has 0 spiro atoms. The van der Waals surface area contributed by atoms with Gasteiger partial charge in [-0.3, -0.25) is 5.10 Å². The lowest BCUT2D eigenvalue weighted by Crippen LogP contribution is -2.38. The van der Waals surface area contributed by atoms with Crippen molar-refractivity contribution in [2.45, 2.75) is 37.8 Å². The van der Waals surface area contributed by atoms with Crippen LogP contribution in [0.3, 0.4) is 0 Å². The highest BCUT2D eigenvalue weighted by Crippen LogP contribution is 2.24. The van der Waals surface area contributed by atoms with E-state index in [1.165, 1.54) is 4.31 Å². The third-order valence-corrected chi connectivity index (χ3v) is 6.12. The van der Waals surface area contributed by atoms with E-state index in [0.717, 1.165) is 12.2 Å².